The number of hydrogen-bond acceptors (Lipinski definition) is 3. The topological polar surface area (TPSA) is 30.5 Å². The van der Waals surface area contributed by atoms with Gasteiger partial charge in [0.15, 0.2) is 0 Å². The zero-order valence-electron chi connectivity index (χ0n) is 13.1. The number of methoxy groups -OCH3 is 1. The molecule has 1 saturated carbocycles. The Labute approximate surface area is 119 Å². The Morgan fingerprint density at radius 2 is 1.79 bits per heavy atom. The van der Waals surface area contributed by atoms with E-state index >= 15 is 0 Å². The number of rotatable bonds is 11. The molecule has 3 heteroatoms. The lowest BCUT2D eigenvalue weighted by Gasteiger charge is -2.24. The van der Waals surface area contributed by atoms with Crippen LogP contribution in [0.1, 0.15) is 46.0 Å². The molecule has 1 rings (SSSR count). The maximum absolute atomic E-state index is 5.64. The van der Waals surface area contributed by atoms with Gasteiger partial charge < -0.3 is 14.8 Å². The van der Waals surface area contributed by atoms with Gasteiger partial charge in [0.05, 0.1) is 13.2 Å². The Balaban J connectivity index is 2.19. The number of nitrogens with one attached hydrogen (secondary N) is 1. The molecule has 0 bridgehead atoms. The lowest BCUT2D eigenvalue weighted by atomic mass is 9.88. The van der Waals surface area contributed by atoms with Gasteiger partial charge in [-0.15, -0.1) is 0 Å². The van der Waals surface area contributed by atoms with Gasteiger partial charge in [-0.25, -0.2) is 0 Å². The van der Waals surface area contributed by atoms with Gasteiger partial charge in [-0.05, 0) is 37.3 Å². The average molecular weight is 271 g/mol. The third kappa shape index (κ3) is 7.91. The highest BCUT2D eigenvalue weighted by Gasteiger charge is 2.24. The van der Waals surface area contributed by atoms with Crippen LogP contribution in [-0.4, -0.2) is 40.0 Å². The fourth-order valence-corrected chi connectivity index (χ4v) is 2.97. The lowest BCUT2D eigenvalue weighted by molar-refractivity contribution is 0.0594. The third-order valence-corrected chi connectivity index (χ3v) is 4.09. The first-order valence-electron chi connectivity index (χ1n) is 8.01. The van der Waals surface area contributed by atoms with Gasteiger partial charge in [-0.2, -0.15) is 0 Å². The molecule has 114 valence electrons. The van der Waals surface area contributed by atoms with Crippen molar-refractivity contribution in [2.75, 3.05) is 40.0 Å². The number of hydrogen-bond donors (Lipinski definition) is 1. The third-order valence-electron chi connectivity index (χ3n) is 4.09. The first kappa shape index (κ1) is 16.9. The quantitative estimate of drug-likeness (QED) is 0.586. The van der Waals surface area contributed by atoms with Gasteiger partial charge in [0.1, 0.15) is 0 Å². The lowest BCUT2D eigenvalue weighted by Crippen LogP contribution is -2.30. The predicted octanol–water partition coefficient (Wildman–Crippen LogP) is 3.09. The summed E-state index contributed by atoms with van der Waals surface area (Å²) in [6, 6.07) is 0. The zero-order chi connectivity index (χ0) is 13.9. The molecule has 1 aliphatic carbocycles. The van der Waals surface area contributed by atoms with E-state index in [0.717, 1.165) is 44.1 Å². The summed E-state index contributed by atoms with van der Waals surface area (Å²) in [5.41, 5.74) is 0. The standard InChI is InChI=1S/C16H33NO2/c1-14(2)12-17-13-16(15-6-4-5-7-15)8-9-19-11-10-18-3/h14-17H,4-13H2,1-3H3. The van der Waals surface area contributed by atoms with Crippen LogP contribution in [0.2, 0.25) is 0 Å². The summed E-state index contributed by atoms with van der Waals surface area (Å²) in [6.45, 7) is 9.15. The Bertz CT molecular complexity index is 203. The summed E-state index contributed by atoms with van der Waals surface area (Å²) in [7, 11) is 1.72. The molecule has 19 heavy (non-hydrogen) atoms. The van der Waals surface area contributed by atoms with Gasteiger partial charge in [0.25, 0.3) is 0 Å². The van der Waals surface area contributed by atoms with Gasteiger partial charge in [0.2, 0.25) is 0 Å². The maximum atomic E-state index is 5.64. The minimum absolute atomic E-state index is 0.708. The Morgan fingerprint density at radius 3 is 2.42 bits per heavy atom. The Kier molecular flexibility index (Phi) is 9.48. The highest BCUT2D eigenvalue weighted by Crippen LogP contribution is 2.32. The molecule has 0 aromatic carbocycles. The molecule has 1 aliphatic rings. The highest BCUT2D eigenvalue weighted by molar-refractivity contribution is 4.77. The first-order chi connectivity index (χ1) is 9.24. The van der Waals surface area contributed by atoms with Gasteiger partial charge >= 0.3 is 0 Å². The minimum atomic E-state index is 0.708. The molecule has 1 unspecified atom stereocenters. The molecule has 1 atom stereocenters. The van der Waals surface area contributed by atoms with E-state index < -0.39 is 0 Å². The number of ether oxygens (including phenoxy) is 2. The molecular weight excluding hydrogens is 238 g/mol. The average Bonchev–Trinajstić information content (AvgIpc) is 2.89. The summed E-state index contributed by atoms with van der Waals surface area (Å²) in [4.78, 5) is 0. The van der Waals surface area contributed by atoms with Crippen LogP contribution in [0, 0.1) is 17.8 Å². The van der Waals surface area contributed by atoms with Crippen molar-refractivity contribution in [2.45, 2.75) is 46.0 Å². The van der Waals surface area contributed by atoms with Crippen molar-refractivity contribution in [1.29, 1.82) is 0 Å². The zero-order valence-corrected chi connectivity index (χ0v) is 13.1. The first-order valence-corrected chi connectivity index (χ1v) is 8.01. The second-order valence-corrected chi connectivity index (χ2v) is 6.25. The van der Waals surface area contributed by atoms with Crippen molar-refractivity contribution in [1.82, 2.24) is 5.32 Å². The SMILES string of the molecule is COCCOCCC(CNCC(C)C)C1CCCC1. The van der Waals surface area contributed by atoms with Gasteiger partial charge in [0, 0.05) is 13.7 Å². The highest BCUT2D eigenvalue weighted by atomic mass is 16.5. The van der Waals surface area contributed by atoms with Crippen LogP contribution in [0.4, 0.5) is 0 Å². The molecule has 0 radical (unpaired) electrons. The van der Waals surface area contributed by atoms with E-state index in [1.807, 2.05) is 0 Å². The molecule has 1 N–H and O–H groups in total. The van der Waals surface area contributed by atoms with Crippen LogP contribution in [0.15, 0.2) is 0 Å². The Hall–Kier alpha value is -0.120. The molecule has 0 aromatic heterocycles. The van der Waals surface area contributed by atoms with Crippen LogP contribution >= 0.6 is 0 Å². The van der Waals surface area contributed by atoms with Crippen molar-refractivity contribution in [3.8, 4) is 0 Å². The van der Waals surface area contributed by atoms with E-state index in [1.165, 1.54) is 32.1 Å². The predicted molar refractivity (Wildman–Crippen MR) is 80.5 cm³/mol. The molecule has 3 nitrogen and oxygen atoms in total. The summed E-state index contributed by atoms with van der Waals surface area (Å²) in [5, 5.41) is 3.63. The fourth-order valence-electron chi connectivity index (χ4n) is 2.97. The van der Waals surface area contributed by atoms with E-state index in [2.05, 4.69) is 19.2 Å². The second-order valence-electron chi connectivity index (χ2n) is 6.25. The summed E-state index contributed by atoms with van der Waals surface area (Å²) in [6.07, 6.45) is 6.89. The van der Waals surface area contributed by atoms with E-state index in [4.69, 9.17) is 9.47 Å². The van der Waals surface area contributed by atoms with Crippen LogP contribution in [0.5, 0.6) is 0 Å². The summed E-state index contributed by atoms with van der Waals surface area (Å²) < 4.78 is 10.6. The van der Waals surface area contributed by atoms with Crippen LogP contribution in [-0.2, 0) is 9.47 Å². The largest absolute Gasteiger partial charge is 0.382 e. The van der Waals surface area contributed by atoms with Gasteiger partial charge in [-0.1, -0.05) is 39.5 Å². The van der Waals surface area contributed by atoms with E-state index in [-0.39, 0.29) is 0 Å². The second kappa shape index (κ2) is 10.6. The molecule has 0 aromatic rings. The summed E-state index contributed by atoms with van der Waals surface area (Å²) in [5.74, 6) is 2.46. The van der Waals surface area contributed by atoms with Crippen LogP contribution < -0.4 is 5.32 Å². The Morgan fingerprint density at radius 1 is 1.05 bits per heavy atom. The molecule has 1 fully saturated rings. The maximum Gasteiger partial charge on any atom is 0.0700 e. The fraction of sp³-hybridized carbons (Fsp3) is 1.00. The van der Waals surface area contributed by atoms with Crippen LogP contribution in [0.3, 0.4) is 0 Å². The molecule has 0 amide bonds. The van der Waals surface area contributed by atoms with Crippen molar-refractivity contribution in [2.24, 2.45) is 17.8 Å². The van der Waals surface area contributed by atoms with Crippen molar-refractivity contribution < 1.29 is 9.47 Å². The molecule has 0 aliphatic heterocycles. The van der Waals surface area contributed by atoms with Gasteiger partial charge in [-0.3, -0.25) is 0 Å². The summed E-state index contributed by atoms with van der Waals surface area (Å²) >= 11 is 0. The van der Waals surface area contributed by atoms with Crippen LogP contribution in [0.25, 0.3) is 0 Å². The molecule has 0 saturated heterocycles. The minimum Gasteiger partial charge on any atom is -0.382 e. The van der Waals surface area contributed by atoms with E-state index in [1.54, 1.807) is 7.11 Å². The van der Waals surface area contributed by atoms with E-state index in [9.17, 15) is 0 Å². The van der Waals surface area contributed by atoms with Crippen molar-refractivity contribution >= 4 is 0 Å². The molecular formula is C16H33NO2. The van der Waals surface area contributed by atoms with Crippen molar-refractivity contribution in [3.63, 3.8) is 0 Å². The smallest absolute Gasteiger partial charge is 0.0700 e. The normalized spacial score (nSPS) is 18.3. The van der Waals surface area contributed by atoms with E-state index in [0.29, 0.717) is 6.61 Å². The monoisotopic (exact) mass is 271 g/mol. The van der Waals surface area contributed by atoms with Crippen molar-refractivity contribution in [3.05, 3.63) is 0 Å². The molecule has 0 heterocycles. The molecule has 0 spiro atoms.